The summed E-state index contributed by atoms with van der Waals surface area (Å²) in [5, 5.41) is 9.37. The minimum Gasteiger partial charge on any atom is -0.343 e. The van der Waals surface area contributed by atoms with Crippen molar-refractivity contribution in [2.45, 2.75) is 186 Å². The topological polar surface area (TPSA) is 30.3 Å². The Bertz CT molecular complexity index is 522. The van der Waals surface area contributed by atoms with Crippen molar-refractivity contribution in [3.8, 4) is 0 Å². The number of hydrogen-bond acceptors (Lipinski definition) is 1. The molecule has 3 nitrogen and oxygen atoms in total. The molecule has 40 heavy (non-hydrogen) atoms. The molecule has 3 heteroatoms. The Labute approximate surface area is 254 Å². The molecular formula is C37H77N3. The van der Waals surface area contributed by atoms with Crippen molar-refractivity contribution in [2.75, 3.05) is 26.2 Å². The molecule has 0 spiro atoms. The molecule has 0 radical (unpaired) electrons. The maximum atomic E-state index is 9.37. The fourth-order valence-corrected chi connectivity index (χ4v) is 5.39. The van der Waals surface area contributed by atoms with E-state index in [2.05, 4.69) is 92.9 Å². The van der Waals surface area contributed by atoms with Gasteiger partial charge in [-0.1, -0.05) is 134 Å². The van der Waals surface area contributed by atoms with E-state index in [-0.39, 0.29) is 0 Å². The van der Waals surface area contributed by atoms with Gasteiger partial charge in [0.25, 0.3) is 0 Å². The highest BCUT2D eigenvalue weighted by Crippen LogP contribution is 2.25. The van der Waals surface area contributed by atoms with Crippen LogP contribution in [0.25, 0.3) is 0 Å². The van der Waals surface area contributed by atoms with Gasteiger partial charge >= 0.3 is 0 Å². The number of hydrogen-bond donors (Lipinski definition) is 1. The first kappa shape index (κ1) is 39.3. The van der Waals surface area contributed by atoms with Crippen LogP contribution in [0.5, 0.6) is 0 Å². The van der Waals surface area contributed by atoms with Gasteiger partial charge in [-0.3, -0.25) is 5.41 Å². The number of guanidine groups is 1. The van der Waals surface area contributed by atoms with Gasteiger partial charge in [0.2, 0.25) is 0 Å². The van der Waals surface area contributed by atoms with Crippen LogP contribution in [-0.4, -0.2) is 41.9 Å². The molecule has 0 bridgehead atoms. The van der Waals surface area contributed by atoms with Crippen LogP contribution < -0.4 is 0 Å². The van der Waals surface area contributed by atoms with E-state index in [0.29, 0.717) is 21.7 Å². The molecule has 0 aliphatic rings. The lowest BCUT2D eigenvalue weighted by Gasteiger charge is -2.34. The molecule has 1 N–H and O–H groups in total. The first-order chi connectivity index (χ1) is 18.3. The Balaban J connectivity index is 5.15. The Morgan fingerprint density at radius 3 is 0.725 bits per heavy atom. The van der Waals surface area contributed by atoms with Gasteiger partial charge in [-0.2, -0.15) is 0 Å². The van der Waals surface area contributed by atoms with Gasteiger partial charge in [-0.25, -0.2) is 0 Å². The fraction of sp³-hybridized carbons (Fsp3) is 0.973. The molecular weight excluding hydrogens is 486 g/mol. The van der Waals surface area contributed by atoms with Crippen molar-refractivity contribution in [1.29, 1.82) is 5.41 Å². The summed E-state index contributed by atoms with van der Waals surface area (Å²) in [5.74, 6) is 0.818. The molecule has 0 atom stereocenters. The quantitative estimate of drug-likeness (QED) is 0.0906. The van der Waals surface area contributed by atoms with Crippen LogP contribution in [0.1, 0.15) is 186 Å². The molecule has 0 aromatic heterocycles. The standard InChI is InChI=1S/C37H77N3/c1-34(2,3)25-17-13-21-29-39(30-22-14-18-26-35(4,5)6)33(38)40(31-23-15-19-27-36(7,8)9)32-24-16-20-28-37(10,11)12/h38H,13-32H2,1-12H3. The third kappa shape index (κ3) is 26.2. The maximum absolute atomic E-state index is 9.37. The fourth-order valence-electron chi connectivity index (χ4n) is 5.39. The molecule has 0 rings (SSSR count). The summed E-state index contributed by atoms with van der Waals surface area (Å²) in [7, 11) is 0. The third-order valence-corrected chi connectivity index (χ3v) is 8.02. The van der Waals surface area contributed by atoms with Gasteiger partial charge in [-0.05, 0) is 73.0 Å². The summed E-state index contributed by atoms with van der Waals surface area (Å²) in [6, 6.07) is 0. The highest BCUT2D eigenvalue weighted by Gasteiger charge is 2.18. The van der Waals surface area contributed by atoms with Crippen LogP contribution in [0.3, 0.4) is 0 Å². The molecule has 0 aliphatic carbocycles. The molecule has 240 valence electrons. The number of nitrogens with one attached hydrogen (secondary N) is 1. The average molecular weight is 564 g/mol. The summed E-state index contributed by atoms with van der Waals surface area (Å²) in [6.45, 7) is 32.4. The van der Waals surface area contributed by atoms with Crippen LogP contribution in [0.2, 0.25) is 0 Å². The second-order valence-electron chi connectivity index (χ2n) is 17.8. The van der Waals surface area contributed by atoms with Crippen molar-refractivity contribution in [3.63, 3.8) is 0 Å². The maximum Gasteiger partial charge on any atom is 0.193 e. The highest BCUT2D eigenvalue weighted by atomic mass is 15.4. The van der Waals surface area contributed by atoms with E-state index in [1.807, 2.05) is 0 Å². The van der Waals surface area contributed by atoms with E-state index in [1.165, 1.54) is 103 Å². The summed E-state index contributed by atoms with van der Waals surface area (Å²) in [6.07, 6.45) is 20.4. The van der Waals surface area contributed by atoms with Gasteiger partial charge < -0.3 is 9.80 Å². The van der Waals surface area contributed by atoms with Crippen LogP contribution in [-0.2, 0) is 0 Å². The van der Waals surface area contributed by atoms with Gasteiger partial charge in [0.05, 0.1) is 0 Å². The van der Waals surface area contributed by atoms with E-state index in [9.17, 15) is 5.41 Å². The van der Waals surface area contributed by atoms with Crippen molar-refractivity contribution in [1.82, 2.24) is 9.80 Å². The van der Waals surface area contributed by atoms with Gasteiger partial charge in [-0.15, -0.1) is 0 Å². The van der Waals surface area contributed by atoms with Crippen molar-refractivity contribution in [2.24, 2.45) is 21.7 Å². The number of unbranched alkanes of at least 4 members (excludes halogenated alkanes) is 8. The van der Waals surface area contributed by atoms with E-state index >= 15 is 0 Å². The van der Waals surface area contributed by atoms with Crippen LogP contribution in [0, 0.1) is 27.1 Å². The van der Waals surface area contributed by atoms with Gasteiger partial charge in [0, 0.05) is 26.2 Å². The average Bonchev–Trinajstić information content (AvgIpc) is 2.77. The minimum atomic E-state index is 0.427. The highest BCUT2D eigenvalue weighted by molar-refractivity contribution is 5.76. The lowest BCUT2D eigenvalue weighted by atomic mass is 9.89. The van der Waals surface area contributed by atoms with E-state index in [1.54, 1.807) is 0 Å². The van der Waals surface area contributed by atoms with Crippen LogP contribution >= 0.6 is 0 Å². The monoisotopic (exact) mass is 564 g/mol. The second kappa shape index (κ2) is 19.5. The molecule has 0 unspecified atom stereocenters. The Hall–Kier alpha value is -0.730. The number of rotatable bonds is 20. The molecule has 0 aliphatic heterocycles. The lowest BCUT2D eigenvalue weighted by molar-refractivity contribution is 0.280. The molecule has 0 fully saturated rings. The SMILES string of the molecule is CC(C)(C)CCCCCN(CCCCCC(C)(C)C)C(=N)N(CCCCCC(C)(C)C)CCCCCC(C)(C)C. The van der Waals surface area contributed by atoms with Gasteiger partial charge in [0.15, 0.2) is 5.96 Å². The predicted octanol–water partition coefficient (Wildman–Crippen LogP) is 12.0. The molecule has 0 heterocycles. The minimum absolute atomic E-state index is 0.427. The Kier molecular flexibility index (Phi) is 19.1. The first-order valence-electron chi connectivity index (χ1n) is 17.4. The van der Waals surface area contributed by atoms with Crippen molar-refractivity contribution < 1.29 is 0 Å². The Morgan fingerprint density at radius 2 is 0.550 bits per heavy atom. The van der Waals surface area contributed by atoms with Gasteiger partial charge in [0.1, 0.15) is 0 Å². The van der Waals surface area contributed by atoms with Crippen LogP contribution in [0.4, 0.5) is 0 Å². The first-order valence-corrected chi connectivity index (χ1v) is 17.4. The van der Waals surface area contributed by atoms with E-state index < -0.39 is 0 Å². The number of nitrogens with zero attached hydrogens (tertiary/aromatic N) is 2. The second-order valence-corrected chi connectivity index (χ2v) is 17.8. The molecule has 0 saturated carbocycles. The molecule has 0 aromatic rings. The zero-order chi connectivity index (χ0) is 30.9. The molecule has 0 amide bonds. The smallest absolute Gasteiger partial charge is 0.193 e. The van der Waals surface area contributed by atoms with E-state index in [4.69, 9.17) is 0 Å². The molecule has 0 aromatic carbocycles. The lowest BCUT2D eigenvalue weighted by Crippen LogP contribution is -2.45. The van der Waals surface area contributed by atoms with Crippen molar-refractivity contribution >= 4 is 5.96 Å². The third-order valence-electron chi connectivity index (χ3n) is 8.02. The van der Waals surface area contributed by atoms with Crippen LogP contribution in [0.15, 0.2) is 0 Å². The predicted molar refractivity (Wildman–Crippen MR) is 183 cm³/mol. The zero-order valence-electron chi connectivity index (χ0n) is 30.0. The summed E-state index contributed by atoms with van der Waals surface area (Å²) < 4.78 is 0. The molecule has 0 saturated heterocycles. The summed E-state index contributed by atoms with van der Waals surface area (Å²) in [4.78, 5) is 4.91. The zero-order valence-corrected chi connectivity index (χ0v) is 30.0. The normalized spacial score (nSPS) is 13.1. The van der Waals surface area contributed by atoms with Crippen molar-refractivity contribution in [3.05, 3.63) is 0 Å². The largest absolute Gasteiger partial charge is 0.343 e. The summed E-state index contributed by atoms with van der Waals surface area (Å²) >= 11 is 0. The Morgan fingerprint density at radius 1 is 0.350 bits per heavy atom. The van der Waals surface area contributed by atoms with E-state index in [0.717, 1.165) is 32.1 Å². The summed E-state index contributed by atoms with van der Waals surface area (Å²) in [5.41, 5.74) is 1.71.